The second-order valence-corrected chi connectivity index (χ2v) is 7.02. The molecule has 0 amide bonds. The van der Waals surface area contributed by atoms with Gasteiger partial charge >= 0.3 is 0 Å². The molecule has 0 fully saturated rings. The van der Waals surface area contributed by atoms with Crippen LogP contribution in [0.4, 0.5) is 0 Å². The molecule has 0 saturated heterocycles. The van der Waals surface area contributed by atoms with E-state index in [-0.39, 0.29) is 0 Å². The lowest BCUT2D eigenvalue weighted by atomic mass is 10.2. The summed E-state index contributed by atoms with van der Waals surface area (Å²) < 4.78 is 5.79. The van der Waals surface area contributed by atoms with Crippen LogP contribution in [0.3, 0.4) is 0 Å². The highest BCUT2D eigenvalue weighted by atomic mass is 35.5. The Morgan fingerprint density at radius 1 is 1.00 bits per heavy atom. The Hall–Kier alpha value is -2.50. The van der Waals surface area contributed by atoms with E-state index in [4.69, 9.17) is 16.3 Å². The van der Waals surface area contributed by atoms with Crippen molar-refractivity contribution in [1.29, 1.82) is 0 Å². The molecule has 0 radical (unpaired) electrons. The van der Waals surface area contributed by atoms with E-state index < -0.39 is 0 Å². The number of rotatable bonds is 4. The van der Waals surface area contributed by atoms with Crippen LogP contribution in [0.15, 0.2) is 70.7 Å². The summed E-state index contributed by atoms with van der Waals surface area (Å²) >= 11 is 7.59. The molecule has 4 rings (SSSR count). The molecule has 2 heterocycles. The Labute approximate surface area is 154 Å². The number of fused-ring (bicyclic) bond motifs is 1. The Morgan fingerprint density at radius 2 is 1.76 bits per heavy atom. The highest BCUT2D eigenvalue weighted by Gasteiger charge is 2.11. The molecule has 0 saturated carbocycles. The van der Waals surface area contributed by atoms with Gasteiger partial charge in [0.15, 0.2) is 0 Å². The lowest BCUT2D eigenvalue weighted by Crippen LogP contribution is -1.85. The predicted molar refractivity (Wildman–Crippen MR) is 101 cm³/mol. The van der Waals surface area contributed by atoms with Crippen LogP contribution in [0, 0.1) is 6.92 Å². The minimum atomic E-state index is 0.464. The average molecular weight is 368 g/mol. The van der Waals surface area contributed by atoms with Crippen LogP contribution in [-0.2, 0) is 0 Å². The van der Waals surface area contributed by atoms with Crippen molar-refractivity contribution in [2.24, 2.45) is 0 Å². The van der Waals surface area contributed by atoms with E-state index in [0.29, 0.717) is 16.8 Å². The number of benzene rings is 2. The monoisotopic (exact) mass is 367 g/mol. The molecular formula is C19H14ClN3OS. The third-order valence-corrected chi connectivity index (χ3v) is 5.16. The molecule has 0 aliphatic rings. The molecule has 0 bridgehead atoms. The lowest BCUT2D eigenvalue weighted by Gasteiger charge is -2.05. The zero-order valence-corrected chi connectivity index (χ0v) is 14.9. The van der Waals surface area contributed by atoms with Crippen LogP contribution in [0.2, 0.25) is 5.02 Å². The number of nitrogens with zero attached hydrogens (tertiary/aromatic N) is 2. The molecule has 4 aromatic rings. The summed E-state index contributed by atoms with van der Waals surface area (Å²) in [4.78, 5) is 14.2. The van der Waals surface area contributed by atoms with Crippen molar-refractivity contribution in [3.63, 3.8) is 0 Å². The number of hydrogen-bond acceptors (Lipinski definition) is 4. The Morgan fingerprint density at radius 3 is 2.52 bits per heavy atom. The molecule has 0 aliphatic carbocycles. The number of imidazole rings is 1. The smallest absolute Gasteiger partial charge is 0.300 e. The summed E-state index contributed by atoms with van der Waals surface area (Å²) in [6.07, 6.45) is 3.59. The maximum Gasteiger partial charge on any atom is 0.300 e. The van der Waals surface area contributed by atoms with Gasteiger partial charge in [-0.2, -0.15) is 4.98 Å². The number of aromatic nitrogens is 3. The summed E-state index contributed by atoms with van der Waals surface area (Å²) in [5.74, 6) is 0.687. The number of aromatic amines is 1. The third kappa shape index (κ3) is 3.48. The highest BCUT2D eigenvalue weighted by molar-refractivity contribution is 7.99. The summed E-state index contributed by atoms with van der Waals surface area (Å²) in [5, 5.41) is 0.672. The minimum Gasteiger partial charge on any atom is -0.426 e. The molecule has 124 valence electrons. The van der Waals surface area contributed by atoms with E-state index in [9.17, 15) is 0 Å². The van der Waals surface area contributed by atoms with Crippen molar-refractivity contribution in [1.82, 2.24) is 15.0 Å². The maximum absolute atomic E-state index is 5.90. The molecular weight excluding hydrogens is 354 g/mol. The van der Waals surface area contributed by atoms with Gasteiger partial charge in [0.2, 0.25) is 0 Å². The van der Waals surface area contributed by atoms with Gasteiger partial charge in [-0.1, -0.05) is 23.4 Å². The summed E-state index contributed by atoms with van der Waals surface area (Å²) in [7, 11) is 0. The SMILES string of the molecule is Cc1c(Sc2ccncc2)ccc2[nH]c(Oc3ccc(Cl)cc3)nc12. The first-order valence-corrected chi connectivity index (χ1v) is 8.89. The van der Waals surface area contributed by atoms with Crippen LogP contribution in [-0.4, -0.2) is 15.0 Å². The number of H-pyrrole nitrogens is 1. The van der Waals surface area contributed by atoms with Gasteiger partial charge in [0.05, 0.1) is 11.0 Å². The maximum atomic E-state index is 5.90. The second-order valence-electron chi connectivity index (χ2n) is 5.47. The topological polar surface area (TPSA) is 50.8 Å². The summed E-state index contributed by atoms with van der Waals surface area (Å²) in [5.41, 5.74) is 2.96. The van der Waals surface area contributed by atoms with Gasteiger partial charge in [0.1, 0.15) is 5.75 Å². The van der Waals surface area contributed by atoms with Crippen LogP contribution >= 0.6 is 23.4 Å². The Kier molecular flexibility index (Phi) is 4.34. The van der Waals surface area contributed by atoms with E-state index in [0.717, 1.165) is 26.4 Å². The number of aryl methyl sites for hydroxylation is 1. The van der Waals surface area contributed by atoms with Gasteiger partial charge < -0.3 is 9.72 Å². The van der Waals surface area contributed by atoms with Crippen molar-refractivity contribution in [3.8, 4) is 11.8 Å². The average Bonchev–Trinajstić information content (AvgIpc) is 3.04. The lowest BCUT2D eigenvalue weighted by molar-refractivity contribution is 0.449. The first kappa shape index (κ1) is 16.0. The zero-order chi connectivity index (χ0) is 17.2. The van der Waals surface area contributed by atoms with E-state index in [2.05, 4.69) is 27.9 Å². The molecule has 0 atom stereocenters. The number of halogens is 1. The van der Waals surface area contributed by atoms with E-state index in [1.165, 1.54) is 0 Å². The predicted octanol–water partition coefficient (Wildman–Crippen LogP) is 5.86. The number of nitrogens with one attached hydrogen (secondary N) is 1. The second kappa shape index (κ2) is 6.78. The van der Waals surface area contributed by atoms with Gasteiger partial charge in [-0.3, -0.25) is 4.98 Å². The standard InChI is InChI=1S/C19H14ClN3OS/c1-12-17(25-15-8-10-21-11-9-15)7-6-16-18(12)23-19(22-16)24-14-4-2-13(20)3-5-14/h2-11H,1H3,(H,22,23). The molecule has 0 unspecified atom stereocenters. The quantitative estimate of drug-likeness (QED) is 0.490. The largest absolute Gasteiger partial charge is 0.426 e. The van der Waals surface area contributed by atoms with Crippen LogP contribution in [0.5, 0.6) is 11.8 Å². The molecule has 4 nitrogen and oxygen atoms in total. The molecule has 1 N–H and O–H groups in total. The molecule has 2 aromatic heterocycles. The highest BCUT2D eigenvalue weighted by Crippen LogP contribution is 2.34. The van der Waals surface area contributed by atoms with Gasteiger partial charge in [0, 0.05) is 27.2 Å². The van der Waals surface area contributed by atoms with Gasteiger partial charge in [-0.05, 0) is 61.0 Å². The fourth-order valence-corrected chi connectivity index (χ4v) is 3.50. The van der Waals surface area contributed by atoms with Gasteiger partial charge in [-0.15, -0.1) is 0 Å². The van der Waals surface area contributed by atoms with Crippen LogP contribution in [0.1, 0.15) is 5.56 Å². The minimum absolute atomic E-state index is 0.464. The van der Waals surface area contributed by atoms with Crippen molar-refractivity contribution in [2.45, 2.75) is 16.7 Å². The fourth-order valence-electron chi connectivity index (χ4n) is 2.48. The van der Waals surface area contributed by atoms with E-state index in [1.54, 1.807) is 36.3 Å². The molecule has 2 aromatic carbocycles. The van der Waals surface area contributed by atoms with Crippen LogP contribution in [0.25, 0.3) is 11.0 Å². The Bertz CT molecular complexity index is 1020. The molecule has 25 heavy (non-hydrogen) atoms. The summed E-state index contributed by atoms with van der Waals surface area (Å²) in [6, 6.07) is 15.8. The first-order valence-electron chi connectivity index (χ1n) is 7.70. The number of pyridine rings is 1. The van der Waals surface area contributed by atoms with Crippen molar-refractivity contribution >= 4 is 34.4 Å². The number of hydrogen-bond donors (Lipinski definition) is 1. The van der Waals surface area contributed by atoms with Gasteiger partial charge in [-0.25, -0.2) is 0 Å². The molecule has 0 aliphatic heterocycles. The van der Waals surface area contributed by atoms with Crippen molar-refractivity contribution < 1.29 is 4.74 Å². The van der Waals surface area contributed by atoms with Crippen molar-refractivity contribution in [3.05, 3.63) is 71.5 Å². The fraction of sp³-hybridized carbons (Fsp3) is 0.0526. The van der Waals surface area contributed by atoms with E-state index >= 15 is 0 Å². The normalized spacial score (nSPS) is 11.0. The zero-order valence-electron chi connectivity index (χ0n) is 13.4. The van der Waals surface area contributed by atoms with Crippen LogP contribution < -0.4 is 4.74 Å². The summed E-state index contributed by atoms with van der Waals surface area (Å²) in [6.45, 7) is 2.07. The van der Waals surface area contributed by atoms with E-state index in [1.807, 2.05) is 30.3 Å². The molecule has 0 spiro atoms. The molecule has 6 heteroatoms. The van der Waals surface area contributed by atoms with Gasteiger partial charge in [0.25, 0.3) is 6.01 Å². The first-order chi connectivity index (χ1) is 12.2. The number of ether oxygens (including phenoxy) is 1. The third-order valence-electron chi connectivity index (χ3n) is 3.74. The van der Waals surface area contributed by atoms with Crippen molar-refractivity contribution in [2.75, 3.05) is 0 Å². The Balaban J connectivity index is 1.64.